The van der Waals surface area contributed by atoms with Gasteiger partial charge in [0.1, 0.15) is 5.75 Å². The molecule has 0 aliphatic carbocycles. The number of carbonyl (C=O) groups excluding carboxylic acids is 1. The van der Waals surface area contributed by atoms with Gasteiger partial charge in [0.15, 0.2) is 0 Å². The lowest BCUT2D eigenvalue weighted by molar-refractivity contribution is -0.131. The Bertz CT molecular complexity index is 895. The van der Waals surface area contributed by atoms with E-state index in [1.165, 1.54) is 6.92 Å². The van der Waals surface area contributed by atoms with Crippen LogP contribution in [0.15, 0.2) is 60.7 Å². The van der Waals surface area contributed by atoms with Gasteiger partial charge in [-0.1, -0.05) is 30.3 Å². The lowest BCUT2D eigenvalue weighted by atomic mass is 10.00. The van der Waals surface area contributed by atoms with Gasteiger partial charge in [-0.3, -0.25) is 4.79 Å². The van der Waals surface area contributed by atoms with Gasteiger partial charge in [0.2, 0.25) is 0 Å². The molecule has 0 saturated heterocycles. The second-order valence-electron chi connectivity index (χ2n) is 5.20. The summed E-state index contributed by atoms with van der Waals surface area (Å²) >= 11 is 0. The molecule has 0 atom stereocenters. The number of aromatic carboxylic acids is 1. The molecule has 0 fully saturated rings. The van der Waals surface area contributed by atoms with E-state index in [-0.39, 0.29) is 11.5 Å². The van der Waals surface area contributed by atoms with Crippen molar-refractivity contribution in [1.29, 1.82) is 0 Å². The van der Waals surface area contributed by atoms with Crippen molar-refractivity contribution in [1.82, 2.24) is 0 Å². The number of hydrogen-bond acceptors (Lipinski definition) is 3. The summed E-state index contributed by atoms with van der Waals surface area (Å²) in [6.45, 7) is 1.37. The summed E-state index contributed by atoms with van der Waals surface area (Å²) in [5.74, 6) is -0.767. The van der Waals surface area contributed by atoms with Crippen molar-refractivity contribution in [3.05, 3.63) is 66.2 Å². The maximum atomic E-state index is 11.0. The molecular weight excluding hydrogens is 292 g/mol. The molecule has 0 saturated carbocycles. The third-order valence-corrected chi connectivity index (χ3v) is 3.54. The zero-order valence-corrected chi connectivity index (χ0v) is 12.4. The number of fused-ring (bicyclic) bond motifs is 1. The van der Waals surface area contributed by atoms with Gasteiger partial charge in [-0.25, -0.2) is 4.79 Å². The fraction of sp³-hybridized carbons (Fsp3) is 0.0526. The van der Waals surface area contributed by atoms with Crippen LogP contribution in [-0.4, -0.2) is 17.0 Å². The molecule has 0 radical (unpaired) electrons. The Hall–Kier alpha value is -3.14. The minimum absolute atomic E-state index is 0.264. The molecule has 0 bridgehead atoms. The van der Waals surface area contributed by atoms with Crippen LogP contribution in [0.2, 0.25) is 0 Å². The Labute approximate surface area is 132 Å². The predicted octanol–water partition coefficient (Wildman–Crippen LogP) is 4.13. The van der Waals surface area contributed by atoms with Gasteiger partial charge in [0.05, 0.1) is 5.56 Å². The molecule has 0 aliphatic rings. The van der Waals surface area contributed by atoms with E-state index in [9.17, 15) is 9.59 Å². The van der Waals surface area contributed by atoms with Gasteiger partial charge < -0.3 is 9.84 Å². The van der Waals surface area contributed by atoms with Crippen LogP contribution in [0.5, 0.6) is 5.75 Å². The van der Waals surface area contributed by atoms with Crippen molar-refractivity contribution in [3.63, 3.8) is 0 Å². The van der Waals surface area contributed by atoms with Gasteiger partial charge in [-0.05, 0) is 52.2 Å². The van der Waals surface area contributed by atoms with Crippen LogP contribution in [0.25, 0.3) is 21.9 Å². The zero-order valence-electron chi connectivity index (χ0n) is 12.4. The molecule has 0 amide bonds. The van der Waals surface area contributed by atoms with Gasteiger partial charge >= 0.3 is 11.9 Å². The van der Waals surface area contributed by atoms with Crippen LogP contribution in [0.4, 0.5) is 0 Å². The monoisotopic (exact) mass is 306 g/mol. The number of ether oxygens (including phenoxy) is 1. The summed E-state index contributed by atoms with van der Waals surface area (Å²) < 4.78 is 5.08. The fourth-order valence-electron chi connectivity index (χ4n) is 2.44. The topological polar surface area (TPSA) is 63.6 Å². The highest BCUT2D eigenvalue weighted by molar-refractivity contribution is 5.90. The van der Waals surface area contributed by atoms with Crippen molar-refractivity contribution in [2.45, 2.75) is 6.92 Å². The van der Waals surface area contributed by atoms with Gasteiger partial charge in [0, 0.05) is 6.92 Å². The first-order chi connectivity index (χ1) is 11.0. The first-order valence-electron chi connectivity index (χ1n) is 7.09. The maximum Gasteiger partial charge on any atom is 0.335 e. The summed E-state index contributed by atoms with van der Waals surface area (Å²) in [6, 6.07) is 18.1. The van der Waals surface area contributed by atoms with Crippen LogP contribution in [0.3, 0.4) is 0 Å². The van der Waals surface area contributed by atoms with Crippen molar-refractivity contribution in [3.8, 4) is 16.9 Å². The van der Waals surface area contributed by atoms with E-state index in [2.05, 4.69) is 0 Å². The smallest absolute Gasteiger partial charge is 0.335 e. The van der Waals surface area contributed by atoms with Gasteiger partial charge in [0.25, 0.3) is 0 Å². The lowest BCUT2D eigenvalue weighted by Gasteiger charge is -2.07. The van der Waals surface area contributed by atoms with Crippen molar-refractivity contribution < 1.29 is 19.4 Å². The fourth-order valence-corrected chi connectivity index (χ4v) is 2.44. The molecule has 114 valence electrons. The second-order valence-corrected chi connectivity index (χ2v) is 5.20. The van der Waals surface area contributed by atoms with Gasteiger partial charge in [-0.15, -0.1) is 0 Å². The Morgan fingerprint density at radius 1 is 0.826 bits per heavy atom. The minimum atomic E-state index is -0.937. The third-order valence-electron chi connectivity index (χ3n) is 3.54. The molecular formula is C19H14O4. The summed E-state index contributed by atoms with van der Waals surface area (Å²) in [6.07, 6.45) is 0. The normalized spacial score (nSPS) is 10.5. The molecule has 1 N–H and O–H groups in total. The molecule has 23 heavy (non-hydrogen) atoms. The number of benzene rings is 3. The molecule has 0 heterocycles. The molecule has 3 rings (SSSR count). The average Bonchev–Trinajstić information content (AvgIpc) is 2.54. The van der Waals surface area contributed by atoms with Crippen LogP contribution < -0.4 is 4.74 Å². The lowest BCUT2D eigenvalue weighted by Crippen LogP contribution is -2.00. The van der Waals surface area contributed by atoms with Crippen LogP contribution in [0.1, 0.15) is 17.3 Å². The number of esters is 1. The quantitative estimate of drug-likeness (QED) is 0.583. The summed E-state index contributed by atoms with van der Waals surface area (Å²) in [5.41, 5.74) is 2.20. The van der Waals surface area contributed by atoms with Crippen molar-refractivity contribution >= 4 is 22.7 Å². The zero-order chi connectivity index (χ0) is 16.4. The van der Waals surface area contributed by atoms with Crippen molar-refractivity contribution in [2.75, 3.05) is 0 Å². The van der Waals surface area contributed by atoms with Crippen LogP contribution in [-0.2, 0) is 4.79 Å². The molecule has 0 aliphatic heterocycles. The average molecular weight is 306 g/mol. The number of rotatable bonds is 3. The Morgan fingerprint density at radius 3 is 2.09 bits per heavy atom. The molecule has 0 aromatic heterocycles. The highest BCUT2D eigenvalue weighted by Crippen LogP contribution is 2.27. The van der Waals surface area contributed by atoms with Crippen LogP contribution in [0, 0.1) is 0 Å². The van der Waals surface area contributed by atoms with E-state index in [0.29, 0.717) is 5.75 Å². The third kappa shape index (κ3) is 3.21. The second kappa shape index (κ2) is 5.93. The van der Waals surface area contributed by atoms with E-state index >= 15 is 0 Å². The number of hydrogen-bond donors (Lipinski definition) is 1. The standard InChI is InChI=1S/C19H14O4/c1-12(20)23-18-9-8-16-10-15(6-7-17(16)11-18)13-2-4-14(5-3-13)19(21)22/h2-11H,1H3,(H,21,22). The summed E-state index contributed by atoms with van der Waals surface area (Å²) in [4.78, 5) is 21.9. The number of carboxylic acid groups (broad SMARTS) is 1. The molecule has 0 spiro atoms. The number of carboxylic acids is 1. The van der Waals surface area contributed by atoms with E-state index in [4.69, 9.17) is 9.84 Å². The van der Waals surface area contributed by atoms with E-state index in [1.807, 2.05) is 30.3 Å². The van der Waals surface area contributed by atoms with Crippen molar-refractivity contribution in [2.24, 2.45) is 0 Å². The highest BCUT2D eigenvalue weighted by Gasteiger charge is 2.05. The minimum Gasteiger partial charge on any atom is -0.478 e. The maximum absolute atomic E-state index is 11.0. The molecule has 3 aromatic rings. The summed E-state index contributed by atoms with van der Waals surface area (Å²) in [5, 5.41) is 10.9. The molecule has 3 aromatic carbocycles. The Balaban J connectivity index is 1.96. The van der Waals surface area contributed by atoms with E-state index in [0.717, 1.165) is 21.9 Å². The molecule has 4 heteroatoms. The Kier molecular flexibility index (Phi) is 3.81. The SMILES string of the molecule is CC(=O)Oc1ccc2cc(-c3ccc(C(=O)O)cc3)ccc2c1. The number of carbonyl (C=O) groups is 2. The Morgan fingerprint density at radius 2 is 1.43 bits per heavy atom. The van der Waals surface area contributed by atoms with E-state index < -0.39 is 5.97 Å². The van der Waals surface area contributed by atoms with Crippen LogP contribution >= 0.6 is 0 Å². The van der Waals surface area contributed by atoms with E-state index in [1.54, 1.807) is 30.3 Å². The summed E-state index contributed by atoms with van der Waals surface area (Å²) in [7, 11) is 0. The molecule has 0 unspecified atom stereocenters. The molecule has 4 nitrogen and oxygen atoms in total. The first-order valence-corrected chi connectivity index (χ1v) is 7.09. The predicted molar refractivity (Wildman–Crippen MR) is 87.7 cm³/mol. The highest BCUT2D eigenvalue weighted by atomic mass is 16.5. The largest absolute Gasteiger partial charge is 0.478 e. The van der Waals surface area contributed by atoms with Gasteiger partial charge in [-0.2, -0.15) is 0 Å². The first kappa shape index (κ1) is 14.8.